The summed E-state index contributed by atoms with van der Waals surface area (Å²) in [7, 11) is -7.23. The lowest BCUT2D eigenvalue weighted by atomic mass is 10.1. The molecule has 0 spiro atoms. The summed E-state index contributed by atoms with van der Waals surface area (Å²) >= 11 is 0. The van der Waals surface area contributed by atoms with Gasteiger partial charge in [-0.3, -0.25) is 9.59 Å². The molecular formula is C32H34O8S2. The molecule has 0 unspecified atom stereocenters. The number of hydrogen-bond acceptors (Lipinski definition) is 8. The molecule has 0 bridgehead atoms. The summed E-state index contributed by atoms with van der Waals surface area (Å²) in [6, 6.07) is 13.2. The number of benzene rings is 3. The number of rotatable bonds is 14. The Hall–Kier alpha value is -4.02. The third-order valence-electron chi connectivity index (χ3n) is 6.42. The van der Waals surface area contributed by atoms with E-state index in [0.717, 1.165) is 11.1 Å². The predicted octanol–water partition coefficient (Wildman–Crippen LogP) is 6.04. The number of aldehydes is 2. The first-order valence-corrected chi connectivity index (χ1v) is 16.8. The minimum Gasteiger partial charge on any atom is -0.493 e. The second kappa shape index (κ2) is 14.2. The fraction of sp³-hybridized carbons (Fsp3) is 0.250. The van der Waals surface area contributed by atoms with E-state index in [1.165, 1.54) is 25.1 Å². The van der Waals surface area contributed by atoms with Crippen LogP contribution in [0, 0.1) is 0 Å². The summed E-state index contributed by atoms with van der Waals surface area (Å²) < 4.78 is 61.8. The quantitative estimate of drug-likeness (QED) is 0.160. The zero-order valence-corrected chi connectivity index (χ0v) is 25.6. The van der Waals surface area contributed by atoms with E-state index >= 15 is 0 Å². The van der Waals surface area contributed by atoms with Crippen LogP contribution in [0.25, 0.3) is 24.3 Å². The van der Waals surface area contributed by atoms with Gasteiger partial charge in [0.1, 0.15) is 11.5 Å². The molecule has 0 N–H and O–H groups in total. The largest absolute Gasteiger partial charge is 0.493 e. The molecule has 0 saturated heterocycles. The van der Waals surface area contributed by atoms with Crippen LogP contribution < -0.4 is 9.47 Å². The minimum absolute atomic E-state index is 0.0401. The van der Waals surface area contributed by atoms with Gasteiger partial charge in [0.25, 0.3) is 0 Å². The molecule has 0 aliphatic carbocycles. The predicted molar refractivity (Wildman–Crippen MR) is 166 cm³/mol. The molecule has 0 aromatic heterocycles. The van der Waals surface area contributed by atoms with Gasteiger partial charge < -0.3 is 9.47 Å². The average Bonchev–Trinajstić information content (AvgIpc) is 2.99. The van der Waals surface area contributed by atoms with Crippen molar-refractivity contribution in [1.82, 2.24) is 0 Å². The van der Waals surface area contributed by atoms with Crippen molar-refractivity contribution >= 4 is 56.6 Å². The van der Waals surface area contributed by atoms with Crippen LogP contribution in [0.3, 0.4) is 0 Å². The van der Waals surface area contributed by atoms with Crippen LogP contribution in [0.15, 0.2) is 58.3 Å². The van der Waals surface area contributed by atoms with Gasteiger partial charge in [0.05, 0.1) is 40.1 Å². The van der Waals surface area contributed by atoms with Crippen molar-refractivity contribution in [3.05, 3.63) is 81.9 Å². The lowest BCUT2D eigenvalue weighted by Crippen LogP contribution is -2.08. The van der Waals surface area contributed by atoms with Crippen LogP contribution in [0.4, 0.5) is 0 Å². The van der Waals surface area contributed by atoms with Gasteiger partial charge in [0.15, 0.2) is 32.2 Å². The molecule has 0 heterocycles. The molecule has 0 fully saturated rings. The van der Waals surface area contributed by atoms with Crippen LogP contribution in [-0.2, 0) is 19.7 Å². The third-order valence-corrected chi connectivity index (χ3v) is 9.98. The Morgan fingerprint density at radius 3 is 1.40 bits per heavy atom. The Morgan fingerprint density at radius 2 is 0.952 bits per heavy atom. The maximum Gasteiger partial charge on any atom is 0.178 e. The van der Waals surface area contributed by atoms with Gasteiger partial charge in [0, 0.05) is 11.1 Å². The Bertz CT molecular complexity index is 1720. The zero-order valence-electron chi connectivity index (χ0n) is 24.0. The molecule has 0 amide bonds. The summed E-state index contributed by atoms with van der Waals surface area (Å²) in [5, 5.41) is 0. The average molecular weight is 611 g/mol. The van der Waals surface area contributed by atoms with E-state index < -0.39 is 19.7 Å². The molecule has 8 nitrogen and oxygen atoms in total. The molecule has 0 atom stereocenters. The van der Waals surface area contributed by atoms with Gasteiger partial charge in [-0.15, -0.1) is 0 Å². The lowest BCUT2D eigenvalue weighted by molar-refractivity contribution is 0.111. The fourth-order valence-electron chi connectivity index (χ4n) is 4.13. The third kappa shape index (κ3) is 7.63. The fourth-order valence-corrected chi connectivity index (χ4v) is 6.32. The van der Waals surface area contributed by atoms with Gasteiger partial charge in [-0.2, -0.15) is 0 Å². The van der Waals surface area contributed by atoms with E-state index in [-0.39, 0.29) is 32.4 Å². The highest BCUT2D eigenvalue weighted by molar-refractivity contribution is 7.91. The first kappa shape index (κ1) is 32.5. The summed E-state index contributed by atoms with van der Waals surface area (Å²) in [6.07, 6.45) is 8.05. The molecule has 3 aromatic carbocycles. The van der Waals surface area contributed by atoms with E-state index in [2.05, 4.69) is 0 Å². The van der Waals surface area contributed by atoms with Crippen molar-refractivity contribution < 1.29 is 35.9 Å². The maximum absolute atomic E-state index is 12.7. The summed E-state index contributed by atoms with van der Waals surface area (Å²) in [5.74, 6) is 0.455. The molecule has 0 aliphatic rings. The summed E-state index contributed by atoms with van der Waals surface area (Å²) in [4.78, 5) is 23.1. The number of carbonyl (C=O) groups excluding carboxylic acids is 2. The van der Waals surface area contributed by atoms with E-state index in [1.54, 1.807) is 51.1 Å². The normalized spacial score (nSPS) is 12.1. The van der Waals surface area contributed by atoms with Gasteiger partial charge in [-0.25, -0.2) is 16.8 Å². The number of sulfone groups is 2. The Morgan fingerprint density at radius 1 is 0.548 bits per heavy atom. The standard InChI is InChI=1S/C32H34O8S2/c1-5-39-29-18-28(22-34)32(42(37,38)8-4)19-25(29)15-13-23-9-11-24(12-10-23)14-16-26-17-30(40-6-2)27(21-33)20-31(26)41(35,36)7-3/h9-22H,5-8H2,1-4H3/b15-13+,16-14+. The second-order valence-corrected chi connectivity index (χ2v) is 13.6. The molecule has 0 saturated carbocycles. The summed E-state index contributed by atoms with van der Waals surface area (Å²) in [6.45, 7) is 7.30. The highest BCUT2D eigenvalue weighted by Gasteiger charge is 2.20. The van der Waals surface area contributed by atoms with Crippen LogP contribution in [0.1, 0.15) is 70.7 Å². The topological polar surface area (TPSA) is 121 Å². The number of carbonyl (C=O) groups is 2. The molecule has 3 rings (SSSR count). The first-order chi connectivity index (χ1) is 20.0. The molecule has 0 radical (unpaired) electrons. The van der Waals surface area contributed by atoms with Gasteiger partial charge >= 0.3 is 0 Å². The van der Waals surface area contributed by atoms with Gasteiger partial charge in [-0.05, 0) is 54.8 Å². The molecule has 222 valence electrons. The van der Waals surface area contributed by atoms with Crippen molar-refractivity contribution in [2.45, 2.75) is 37.5 Å². The van der Waals surface area contributed by atoms with Crippen molar-refractivity contribution in [2.24, 2.45) is 0 Å². The Labute approximate surface area is 247 Å². The van der Waals surface area contributed by atoms with E-state index in [9.17, 15) is 26.4 Å². The maximum atomic E-state index is 12.7. The van der Waals surface area contributed by atoms with Crippen molar-refractivity contribution in [2.75, 3.05) is 24.7 Å². The first-order valence-electron chi connectivity index (χ1n) is 13.5. The van der Waals surface area contributed by atoms with Crippen molar-refractivity contribution in [3.8, 4) is 11.5 Å². The number of hydrogen-bond donors (Lipinski definition) is 0. The SMILES string of the molecule is CCOc1cc(/C=C/c2ccc(/C=C/c3cc(S(=O)(=O)CC)c(C=O)cc3OCC)cc2)c(S(=O)(=O)CC)cc1C=O. The molecule has 10 heteroatoms. The monoisotopic (exact) mass is 610 g/mol. The van der Waals surface area contributed by atoms with Gasteiger partial charge in [-0.1, -0.05) is 62.4 Å². The summed E-state index contributed by atoms with van der Waals surface area (Å²) in [5.41, 5.74) is 2.77. The Kier molecular flexibility index (Phi) is 11.0. The van der Waals surface area contributed by atoms with Crippen LogP contribution >= 0.6 is 0 Å². The van der Waals surface area contributed by atoms with Gasteiger partial charge in [0.2, 0.25) is 0 Å². The van der Waals surface area contributed by atoms with E-state index in [1.807, 2.05) is 24.3 Å². The molecule has 0 aliphatic heterocycles. The van der Waals surface area contributed by atoms with E-state index in [0.29, 0.717) is 48.4 Å². The van der Waals surface area contributed by atoms with Crippen LogP contribution in [-0.4, -0.2) is 54.1 Å². The highest BCUT2D eigenvalue weighted by atomic mass is 32.2. The van der Waals surface area contributed by atoms with E-state index in [4.69, 9.17) is 9.47 Å². The minimum atomic E-state index is -3.63. The van der Waals surface area contributed by atoms with Crippen LogP contribution in [0.5, 0.6) is 11.5 Å². The number of ether oxygens (including phenoxy) is 2. The van der Waals surface area contributed by atoms with Crippen molar-refractivity contribution in [1.29, 1.82) is 0 Å². The second-order valence-electron chi connectivity index (χ2n) is 9.10. The zero-order chi connectivity index (χ0) is 30.9. The van der Waals surface area contributed by atoms with Crippen molar-refractivity contribution in [3.63, 3.8) is 0 Å². The molecule has 42 heavy (non-hydrogen) atoms. The molecular weight excluding hydrogens is 576 g/mol. The highest BCUT2D eigenvalue weighted by Crippen LogP contribution is 2.30. The Balaban J connectivity index is 1.96. The molecule has 3 aromatic rings. The van der Waals surface area contributed by atoms with Crippen LogP contribution in [0.2, 0.25) is 0 Å². The lowest BCUT2D eigenvalue weighted by Gasteiger charge is -2.12. The smallest absolute Gasteiger partial charge is 0.178 e.